The van der Waals surface area contributed by atoms with Gasteiger partial charge in [0.1, 0.15) is 11.5 Å². The number of aromatic hydroxyl groups is 2. The predicted octanol–water partition coefficient (Wildman–Crippen LogP) is 3.13. The van der Waals surface area contributed by atoms with E-state index < -0.39 is 5.91 Å². The van der Waals surface area contributed by atoms with Crippen molar-refractivity contribution in [2.24, 2.45) is 5.10 Å². The van der Waals surface area contributed by atoms with Gasteiger partial charge in [-0.15, -0.1) is 0 Å². The van der Waals surface area contributed by atoms with E-state index >= 15 is 0 Å². The highest BCUT2D eigenvalue weighted by atomic mass is 35.5. The monoisotopic (exact) mass is 318 g/mol. The van der Waals surface area contributed by atoms with Gasteiger partial charge < -0.3 is 10.2 Å². The maximum absolute atomic E-state index is 12.0. The van der Waals surface area contributed by atoms with Crippen LogP contribution < -0.4 is 5.43 Å². The Morgan fingerprint density at radius 3 is 2.59 bits per heavy atom. The maximum atomic E-state index is 12.0. The number of aryl methyl sites for hydroxylation is 2. The Morgan fingerprint density at radius 1 is 1.23 bits per heavy atom. The fourth-order valence-electron chi connectivity index (χ4n) is 1.95. The van der Waals surface area contributed by atoms with Gasteiger partial charge in [0.25, 0.3) is 5.91 Å². The van der Waals surface area contributed by atoms with E-state index in [-0.39, 0.29) is 11.5 Å². The van der Waals surface area contributed by atoms with E-state index in [2.05, 4.69) is 10.5 Å². The number of halogens is 1. The third kappa shape index (κ3) is 3.56. The molecule has 0 aromatic heterocycles. The van der Waals surface area contributed by atoms with Crippen molar-refractivity contribution in [3.8, 4) is 11.5 Å². The number of hydrogen-bond acceptors (Lipinski definition) is 4. The van der Waals surface area contributed by atoms with E-state index in [4.69, 9.17) is 11.6 Å². The van der Waals surface area contributed by atoms with E-state index in [1.165, 1.54) is 18.3 Å². The van der Waals surface area contributed by atoms with Gasteiger partial charge in [0.2, 0.25) is 0 Å². The van der Waals surface area contributed by atoms with Crippen molar-refractivity contribution in [3.63, 3.8) is 0 Å². The number of phenols is 2. The third-order valence-corrected chi connectivity index (χ3v) is 3.39. The Morgan fingerprint density at radius 2 is 1.95 bits per heavy atom. The van der Waals surface area contributed by atoms with Gasteiger partial charge in [0.15, 0.2) is 0 Å². The number of nitrogens with zero attached hydrogens (tertiary/aromatic N) is 1. The number of hydrogen-bond donors (Lipinski definition) is 3. The second kappa shape index (κ2) is 6.49. The zero-order valence-corrected chi connectivity index (χ0v) is 12.8. The molecular formula is C16H15ClN2O3. The minimum absolute atomic E-state index is 0.0392. The quantitative estimate of drug-likeness (QED) is 0.600. The molecule has 0 aliphatic heterocycles. The van der Waals surface area contributed by atoms with Gasteiger partial charge in [-0.1, -0.05) is 17.7 Å². The molecule has 114 valence electrons. The van der Waals surface area contributed by atoms with Crippen molar-refractivity contribution >= 4 is 23.7 Å². The summed E-state index contributed by atoms with van der Waals surface area (Å²) < 4.78 is 0. The number of rotatable bonds is 3. The molecule has 2 aromatic rings. The Labute approximate surface area is 132 Å². The maximum Gasteiger partial charge on any atom is 0.272 e. The first-order valence-corrected chi connectivity index (χ1v) is 6.88. The number of benzene rings is 2. The highest BCUT2D eigenvalue weighted by Gasteiger charge is 2.10. The molecule has 0 unspecified atom stereocenters. The largest absolute Gasteiger partial charge is 0.508 e. The zero-order valence-electron chi connectivity index (χ0n) is 12.1. The van der Waals surface area contributed by atoms with E-state index in [1.807, 2.05) is 6.92 Å². The summed E-state index contributed by atoms with van der Waals surface area (Å²) in [5.74, 6) is -0.608. The van der Waals surface area contributed by atoms with Crippen LogP contribution in [0.4, 0.5) is 0 Å². The number of hydrazone groups is 1. The molecule has 0 aliphatic carbocycles. The molecule has 2 aromatic carbocycles. The molecule has 1 amide bonds. The molecule has 0 saturated carbocycles. The van der Waals surface area contributed by atoms with Crippen molar-refractivity contribution in [2.75, 3.05) is 0 Å². The fraction of sp³-hybridized carbons (Fsp3) is 0.125. The van der Waals surface area contributed by atoms with Gasteiger partial charge in [-0.25, -0.2) is 5.43 Å². The van der Waals surface area contributed by atoms with E-state index in [9.17, 15) is 15.0 Å². The molecule has 0 radical (unpaired) electrons. The van der Waals surface area contributed by atoms with Gasteiger partial charge in [0.05, 0.1) is 16.8 Å². The number of carbonyl (C=O) groups is 1. The average Bonchev–Trinajstić information content (AvgIpc) is 2.41. The van der Waals surface area contributed by atoms with Crippen LogP contribution in [0.1, 0.15) is 27.0 Å². The van der Waals surface area contributed by atoms with Crippen LogP contribution >= 0.6 is 11.6 Å². The van der Waals surface area contributed by atoms with Crippen LogP contribution in [0.3, 0.4) is 0 Å². The molecular weight excluding hydrogens is 304 g/mol. The van der Waals surface area contributed by atoms with E-state index in [0.29, 0.717) is 21.7 Å². The topological polar surface area (TPSA) is 81.9 Å². The lowest BCUT2D eigenvalue weighted by Crippen LogP contribution is -2.18. The van der Waals surface area contributed by atoms with Gasteiger partial charge in [-0.3, -0.25) is 4.79 Å². The molecule has 6 heteroatoms. The molecule has 3 N–H and O–H groups in total. The highest BCUT2D eigenvalue weighted by molar-refractivity contribution is 6.33. The summed E-state index contributed by atoms with van der Waals surface area (Å²) in [5, 5.41) is 23.2. The lowest BCUT2D eigenvalue weighted by Gasteiger charge is -2.05. The van der Waals surface area contributed by atoms with E-state index in [0.717, 1.165) is 5.56 Å². The van der Waals surface area contributed by atoms with Gasteiger partial charge in [-0.2, -0.15) is 5.10 Å². The summed E-state index contributed by atoms with van der Waals surface area (Å²) in [7, 11) is 0. The molecule has 0 heterocycles. The molecule has 2 rings (SSSR count). The van der Waals surface area contributed by atoms with Gasteiger partial charge in [-0.05, 0) is 43.2 Å². The summed E-state index contributed by atoms with van der Waals surface area (Å²) >= 11 is 6.01. The lowest BCUT2D eigenvalue weighted by molar-refractivity contribution is 0.0955. The first-order chi connectivity index (χ1) is 10.4. The standard InChI is InChI=1S/C16H15ClN2O3/c1-9-3-4-12(14(17)5-9)16(22)19-18-8-13-10(2)6-11(20)7-15(13)21/h3-8,20-21H,1-2H3,(H,19,22)/b18-8-. The zero-order chi connectivity index (χ0) is 16.3. The van der Waals surface area contributed by atoms with Crippen LogP contribution in [-0.2, 0) is 0 Å². The minimum Gasteiger partial charge on any atom is -0.508 e. The van der Waals surface area contributed by atoms with Crippen molar-refractivity contribution in [2.45, 2.75) is 13.8 Å². The molecule has 0 bridgehead atoms. The summed E-state index contributed by atoms with van der Waals surface area (Å²) in [4.78, 5) is 12.0. The molecule has 22 heavy (non-hydrogen) atoms. The number of amides is 1. The van der Waals surface area contributed by atoms with Crippen molar-refractivity contribution in [3.05, 3.63) is 57.6 Å². The molecule has 0 aliphatic rings. The smallest absolute Gasteiger partial charge is 0.272 e. The first-order valence-electron chi connectivity index (χ1n) is 6.50. The summed E-state index contributed by atoms with van der Waals surface area (Å²) in [5.41, 5.74) is 4.66. The highest BCUT2D eigenvalue weighted by Crippen LogP contribution is 2.25. The van der Waals surface area contributed by atoms with Crippen molar-refractivity contribution in [1.29, 1.82) is 0 Å². The molecule has 0 atom stereocenters. The van der Waals surface area contributed by atoms with Crippen LogP contribution in [0.2, 0.25) is 5.02 Å². The lowest BCUT2D eigenvalue weighted by atomic mass is 10.1. The molecule has 0 saturated heterocycles. The van der Waals surface area contributed by atoms with Crippen LogP contribution in [0.25, 0.3) is 0 Å². The first kappa shape index (κ1) is 15.9. The number of carbonyl (C=O) groups excluding carboxylic acids is 1. The SMILES string of the molecule is Cc1ccc(C(=O)N/N=C\c2c(C)cc(O)cc2O)c(Cl)c1. The fourth-order valence-corrected chi connectivity index (χ4v) is 2.27. The van der Waals surface area contributed by atoms with E-state index in [1.54, 1.807) is 25.1 Å². The minimum atomic E-state index is -0.447. The Kier molecular flexibility index (Phi) is 4.68. The van der Waals surface area contributed by atoms with Crippen LogP contribution in [0, 0.1) is 13.8 Å². The summed E-state index contributed by atoms with van der Waals surface area (Å²) in [6, 6.07) is 7.77. The van der Waals surface area contributed by atoms with Crippen LogP contribution in [0.15, 0.2) is 35.4 Å². The average molecular weight is 319 g/mol. The normalized spacial score (nSPS) is 10.9. The Balaban J connectivity index is 2.14. The molecule has 5 nitrogen and oxygen atoms in total. The summed E-state index contributed by atoms with van der Waals surface area (Å²) in [6.45, 7) is 3.58. The van der Waals surface area contributed by atoms with Crippen molar-refractivity contribution in [1.82, 2.24) is 5.43 Å². The Bertz CT molecular complexity index is 734. The Hall–Kier alpha value is -2.53. The van der Waals surface area contributed by atoms with Crippen molar-refractivity contribution < 1.29 is 15.0 Å². The van der Waals surface area contributed by atoms with Crippen LogP contribution in [0.5, 0.6) is 11.5 Å². The number of nitrogens with one attached hydrogen (secondary N) is 1. The van der Waals surface area contributed by atoms with Crippen LogP contribution in [-0.4, -0.2) is 22.3 Å². The molecule has 0 fully saturated rings. The number of phenolic OH excluding ortho intramolecular Hbond substituents is 2. The second-order valence-electron chi connectivity index (χ2n) is 4.88. The van der Waals surface area contributed by atoms with Gasteiger partial charge >= 0.3 is 0 Å². The molecule has 0 spiro atoms. The summed E-state index contributed by atoms with van der Waals surface area (Å²) in [6.07, 6.45) is 1.31. The second-order valence-corrected chi connectivity index (χ2v) is 5.29. The third-order valence-electron chi connectivity index (χ3n) is 3.08. The van der Waals surface area contributed by atoms with Gasteiger partial charge in [0, 0.05) is 11.6 Å². The predicted molar refractivity (Wildman–Crippen MR) is 85.8 cm³/mol.